The summed E-state index contributed by atoms with van der Waals surface area (Å²) in [4.78, 5) is 11.2. The van der Waals surface area contributed by atoms with Crippen molar-refractivity contribution in [2.24, 2.45) is 0 Å². The molecule has 0 saturated carbocycles. The maximum Gasteiger partial charge on any atom is 0.336 e. The topological polar surface area (TPSA) is 30.2 Å². The quantitative estimate of drug-likeness (QED) is 0.539. The second-order valence-corrected chi connectivity index (χ2v) is 1.84. The molecular formula is C9H6O2. The van der Waals surface area contributed by atoms with Gasteiger partial charge in [0, 0.05) is 11.4 Å². The van der Waals surface area contributed by atoms with Gasteiger partial charge >= 0.3 is 5.63 Å². The van der Waals surface area contributed by atoms with E-state index in [0.29, 0.717) is 0 Å². The van der Waals surface area contributed by atoms with E-state index in [9.17, 15) is 4.79 Å². The Bertz CT molecular complexity index is 690. The Labute approximate surface area is 71.5 Å². The van der Waals surface area contributed by atoms with Crippen LogP contribution in [-0.2, 0) is 0 Å². The van der Waals surface area contributed by atoms with Crippen molar-refractivity contribution >= 4 is 11.0 Å². The highest BCUT2D eigenvalue weighted by molar-refractivity contribution is 5.75. The van der Waals surface area contributed by atoms with Crippen LogP contribution in [-0.4, -0.2) is 0 Å². The number of fused-ring (bicyclic) bond motifs is 1. The molecule has 2 nitrogen and oxygen atoms in total. The van der Waals surface area contributed by atoms with E-state index in [1.807, 2.05) is 0 Å². The Hall–Kier alpha value is -1.57. The predicted molar refractivity (Wildman–Crippen MR) is 42.5 cm³/mol. The van der Waals surface area contributed by atoms with E-state index < -0.39 is 41.9 Å². The fraction of sp³-hybridized carbons (Fsp3) is 0. The van der Waals surface area contributed by atoms with Crippen molar-refractivity contribution in [2.75, 3.05) is 0 Å². The summed E-state index contributed by atoms with van der Waals surface area (Å²) in [7, 11) is 0. The van der Waals surface area contributed by atoms with Crippen LogP contribution >= 0.6 is 0 Å². The lowest BCUT2D eigenvalue weighted by atomic mass is 10.2. The van der Waals surface area contributed by atoms with Crippen molar-refractivity contribution in [1.82, 2.24) is 0 Å². The van der Waals surface area contributed by atoms with E-state index in [1.165, 1.54) is 0 Å². The first kappa shape index (κ1) is 2.48. The maximum absolute atomic E-state index is 11.2. The van der Waals surface area contributed by atoms with Crippen LogP contribution in [0.15, 0.2) is 45.5 Å². The van der Waals surface area contributed by atoms with Gasteiger partial charge in [0.1, 0.15) is 5.58 Å². The van der Waals surface area contributed by atoms with Crippen molar-refractivity contribution < 1.29 is 12.6 Å². The first-order valence-electron chi connectivity index (χ1n) is 5.86. The molecular weight excluding hydrogens is 140 g/mol. The molecule has 0 atom stereocenters. The van der Waals surface area contributed by atoms with Crippen LogP contribution < -0.4 is 5.63 Å². The Morgan fingerprint density at radius 2 is 2.00 bits per heavy atom. The minimum absolute atomic E-state index is 0.249. The maximum atomic E-state index is 11.2. The fourth-order valence-electron chi connectivity index (χ4n) is 0.697. The molecule has 0 fully saturated rings. The first-order valence-corrected chi connectivity index (χ1v) is 2.86. The molecule has 0 amide bonds. The van der Waals surface area contributed by atoms with Crippen molar-refractivity contribution in [1.29, 1.82) is 0 Å². The highest BCUT2D eigenvalue weighted by Gasteiger charge is 1.92. The van der Waals surface area contributed by atoms with Gasteiger partial charge in [0.2, 0.25) is 0 Å². The number of hydrogen-bond donors (Lipinski definition) is 0. The summed E-state index contributed by atoms with van der Waals surface area (Å²) in [5, 5.41) is -0.249. The largest absolute Gasteiger partial charge is 0.423 e. The average Bonchev–Trinajstić information content (AvgIpc) is 2.30. The van der Waals surface area contributed by atoms with E-state index in [-0.39, 0.29) is 11.0 Å². The smallest absolute Gasteiger partial charge is 0.336 e. The molecule has 54 valence electrons. The molecule has 1 heterocycles. The Morgan fingerprint density at radius 1 is 1.18 bits per heavy atom. The minimum atomic E-state index is -1.09. The summed E-state index contributed by atoms with van der Waals surface area (Å²) in [6.45, 7) is 0. The van der Waals surface area contributed by atoms with Crippen molar-refractivity contribution in [2.45, 2.75) is 0 Å². The third-order valence-electron chi connectivity index (χ3n) is 1.14. The summed E-state index contributed by atoms with van der Waals surface area (Å²) >= 11 is 0. The van der Waals surface area contributed by atoms with Gasteiger partial charge < -0.3 is 4.42 Å². The van der Waals surface area contributed by atoms with E-state index in [0.717, 1.165) is 0 Å². The Balaban J connectivity index is 3.18. The normalized spacial score (nSPS) is 17.8. The monoisotopic (exact) mass is 152 g/mol. The van der Waals surface area contributed by atoms with Gasteiger partial charge in [0.05, 0.1) is 8.22 Å². The second kappa shape index (κ2) is 2.23. The number of hydrogen-bond acceptors (Lipinski definition) is 2. The van der Waals surface area contributed by atoms with Gasteiger partial charge in [-0.3, -0.25) is 0 Å². The second-order valence-electron chi connectivity index (χ2n) is 1.84. The Morgan fingerprint density at radius 3 is 2.91 bits per heavy atom. The van der Waals surface area contributed by atoms with Crippen LogP contribution in [0.5, 0.6) is 0 Å². The fourth-order valence-corrected chi connectivity index (χ4v) is 0.697. The summed E-state index contributed by atoms with van der Waals surface area (Å²) in [5.41, 5.74) is -1.48. The predicted octanol–water partition coefficient (Wildman–Crippen LogP) is 1.79. The number of benzene rings is 1. The molecule has 11 heavy (non-hydrogen) atoms. The molecule has 0 aliphatic carbocycles. The third kappa shape index (κ3) is 1.03. The van der Waals surface area contributed by atoms with Gasteiger partial charge in [0.15, 0.2) is 0 Å². The molecule has 1 aromatic heterocycles. The summed E-state index contributed by atoms with van der Waals surface area (Å²) in [6.07, 6.45) is 0. The van der Waals surface area contributed by atoms with Crippen LogP contribution in [0.25, 0.3) is 11.0 Å². The van der Waals surface area contributed by atoms with Crippen LogP contribution in [0, 0.1) is 0 Å². The number of para-hydroxylation sites is 1. The Kier molecular flexibility index (Phi) is 0.504. The molecule has 2 rings (SSSR count). The standard InChI is InChI=1S/C9H6O2/c10-9-6-5-7-3-1-2-4-8(7)11-9/h1-6H/i1D,2D,3D,4D,5D,6D. The third-order valence-corrected chi connectivity index (χ3v) is 1.14. The molecule has 0 bridgehead atoms. The lowest BCUT2D eigenvalue weighted by molar-refractivity contribution is 0.561. The molecule has 0 saturated heterocycles. The summed E-state index contributed by atoms with van der Waals surface area (Å²) < 4.78 is 49.4. The zero-order valence-electron chi connectivity index (χ0n) is 11.3. The molecule has 0 radical (unpaired) electrons. The SMILES string of the molecule is [2H]c1c([2H])c([2H])c2c([2H])c([2H])c(=O)oc2c1[2H]. The molecule has 1 aromatic carbocycles. The lowest BCUT2D eigenvalue weighted by Crippen LogP contribution is -1.93. The van der Waals surface area contributed by atoms with E-state index >= 15 is 0 Å². The van der Waals surface area contributed by atoms with Crippen LogP contribution in [0.1, 0.15) is 8.22 Å². The van der Waals surface area contributed by atoms with Gasteiger partial charge in [-0.1, -0.05) is 18.1 Å². The average molecular weight is 152 g/mol. The molecule has 2 aromatic rings. The van der Waals surface area contributed by atoms with Gasteiger partial charge in [-0.05, 0) is 12.1 Å². The van der Waals surface area contributed by atoms with Crippen LogP contribution in [0.3, 0.4) is 0 Å². The van der Waals surface area contributed by atoms with Crippen molar-refractivity contribution in [3.8, 4) is 0 Å². The molecule has 0 aliphatic heterocycles. The minimum Gasteiger partial charge on any atom is -0.423 e. The highest BCUT2D eigenvalue weighted by atomic mass is 16.4. The zero-order valence-corrected chi connectivity index (χ0v) is 5.32. The lowest BCUT2D eigenvalue weighted by Gasteiger charge is -1.91. The molecule has 0 spiro atoms. The van der Waals surface area contributed by atoms with E-state index in [1.54, 1.807) is 0 Å². The molecule has 0 unspecified atom stereocenters. The molecule has 0 N–H and O–H groups in total. The number of rotatable bonds is 0. The molecule has 2 heteroatoms. The highest BCUT2D eigenvalue weighted by Crippen LogP contribution is 2.08. The first-order chi connectivity index (χ1) is 7.86. The van der Waals surface area contributed by atoms with Crippen LogP contribution in [0.2, 0.25) is 0 Å². The summed E-state index contributed by atoms with van der Waals surface area (Å²) in [6, 6.07) is -3.34. The van der Waals surface area contributed by atoms with Gasteiger partial charge in [-0.2, -0.15) is 0 Å². The van der Waals surface area contributed by atoms with Crippen LogP contribution in [0.4, 0.5) is 0 Å². The van der Waals surface area contributed by atoms with Crippen molar-refractivity contribution in [3.05, 3.63) is 46.7 Å². The van der Waals surface area contributed by atoms with E-state index in [2.05, 4.69) is 4.42 Å². The zero-order chi connectivity index (χ0) is 12.9. The van der Waals surface area contributed by atoms with Gasteiger partial charge in [-0.15, -0.1) is 0 Å². The van der Waals surface area contributed by atoms with Crippen molar-refractivity contribution in [3.63, 3.8) is 0 Å². The van der Waals surface area contributed by atoms with E-state index in [4.69, 9.17) is 8.22 Å². The van der Waals surface area contributed by atoms with Gasteiger partial charge in [-0.25, -0.2) is 4.79 Å². The molecule has 0 aliphatic rings. The summed E-state index contributed by atoms with van der Waals surface area (Å²) in [5.74, 6) is 0. The van der Waals surface area contributed by atoms with Gasteiger partial charge in [0.25, 0.3) is 0 Å².